The summed E-state index contributed by atoms with van der Waals surface area (Å²) in [5.74, 6) is -0.648. The minimum absolute atomic E-state index is 0.0418. The number of nitrogens with zero attached hydrogens (tertiary/aromatic N) is 3. The van der Waals surface area contributed by atoms with Gasteiger partial charge in [0.2, 0.25) is 0 Å². The Hall–Kier alpha value is -3.30. The molecule has 0 unspecified atom stereocenters. The standard InChI is InChI=1S/C17H14N4O6/c22-16-14-8-2-3-9(11-6-10(8)11)15(14)17(23)19(16)18-12-4-1-7(20(24)25)5-13(12)21(26)27/h1-5,8-11,14-15,18H,6H2/t8-,9+,10-,11-,14+,15-/m1/s1. The number of nitro benzene ring substituents is 2. The van der Waals surface area contributed by atoms with Gasteiger partial charge in [-0.2, -0.15) is 5.01 Å². The smallest absolute Gasteiger partial charge is 0.282 e. The van der Waals surface area contributed by atoms with Gasteiger partial charge in [-0.05, 0) is 36.2 Å². The summed E-state index contributed by atoms with van der Waals surface area (Å²) in [6, 6.07) is 3.04. The number of nitro groups is 2. The van der Waals surface area contributed by atoms with Gasteiger partial charge in [-0.3, -0.25) is 35.2 Å². The molecule has 0 radical (unpaired) electrons. The predicted molar refractivity (Wildman–Crippen MR) is 89.9 cm³/mol. The van der Waals surface area contributed by atoms with E-state index in [9.17, 15) is 29.8 Å². The summed E-state index contributed by atoms with van der Waals surface area (Å²) < 4.78 is 0. The van der Waals surface area contributed by atoms with Crippen LogP contribution >= 0.6 is 0 Å². The second kappa shape index (κ2) is 5.12. The lowest BCUT2D eigenvalue weighted by molar-refractivity contribution is -0.393. The van der Waals surface area contributed by atoms with Crippen molar-refractivity contribution in [2.24, 2.45) is 35.5 Å². The van der Waals surface area contributed by atoms with Gasteiger partial charge in [-0.1, -0.05) is 12.2 Å². The molecule has 1 aromatic rings. The first-order chi connectivity index (χ1) is 12.9. The number of carbonyl (C=O) groups excluding carboxylic acids is 2. The first kappa shape index (κ1) is 15.9. The van der Waals surface area contributed by atoms with Crippen LogP contribution in [0.15, 0.2) is 30.4 Å². The molecule has 138 valence electrons. The van der Waals surface area contributed by atoms with Crippen LogP contribution in [0.1, 0.15) is 6.42 Å². The number of benzene rings is 1. The number of hydrazine groups is 1. The minimum atomic E-state index is -0.784. The third kappa shape index (κ3) is 2.06. The summed E-state index contributed by atoms with van der Waals surface area (Å²) in [4.78, 5) is 46.4. The number of hydrogen-bond donors (Lipinski definition) is 1. The maximum absolute atomic E-state index is 12.9. The Morgan fingerprint density at radius 1 is 0.963 bits per heavy atom. The van der Waals surface area contributed by atoms with Gasteiger partial charge >= 0.3 is 5.69 Å². The van der Waals surface area contributed by atoms with Crippen LogP contribution < -0.4 is 5.43 Å². The van der Waals surface area contributed by atoms with Crippen LogP contribution in [0.3, 0.4) is 0 Å². The molecule has 2 bridgehead atoms. The number of imide groups is 1. The fourth-order valence-corrected chi connectivity index (χ4v) is 5.07. The summed E-state index contributed by atoms with van der Waals surface area (Å²) in [5.41, 5.74) is 1.42. The van der Waals surface area contributed by atoms with Gasteiger partial charge in [-0.25, -0.2) is 0 Å². The highest BCUT2D eigenvalue weighted by atomic mass is 16.6. The zero-order valence-electron chi connectivity index (χ0n) is 13.8. The molecule has 1 aliphatic heterocycles. The number of non-ortho nitro benzene ring substituents is 1. The highest BCUT2D eigenvalue weighted by molar-refractivity contribution is 6.07. The summed E-state index contributed by atoms with van der Waals surface area (Å²) >= 11 is 0. The Labute approximate surface area is 152 Å². The number of amides is 2. The van der Waals surface area contributed by atoms with E-state index >= 15 is 0 Å². The lowest BCUT2D eigenvalue weighted by atomic mass is 9.63. The molecule has 10 nitrogen and oxygen atoms in total. The molecule has 2 amide bonds. The van der Waals surface area contributed by atoms with Crippen LogP contribution in [-0.4, -0.2) is 26.7 Å². The van der Waals surface area contributed by atoms with Crippen molar-refractivity contribution in [1.82, 2.24) is 5.01 Å². The Balaban J connectivity index is 1.47. The second-order valence-corrected chi connectivity index (χ2v) is 7.49. The van der Waals surface area contributed by atoms with E-state index in [1.165, 1.54) is 0 Å². The number of allylic oxidation sites excluding steroid dienone is 2. The molecule has 1 heterocycles. The van der Waals surface area contributed by atoms with Crippen molar-refractivity contribution in [3.8, 4) is 0 Å². The maximum Gasteiger partial charge on any atom is 0.300 e. The number of nitrogens with one attached hydrogen (secondary N) is 1. The van der Waals surface area contributed by atoms with Crippen molar-refractivity contribution < 1.29 is 19.4 Å². The molecule has 27 heavy (non-hydrogen) atoms. The lowest BCUT2D eigenvalue weighted by Crippen LogP contribution is -2.40. The van der Waals surface area contributed by atoms with Crippen LogP contribution in [-0.2, 0) is 9.59 Å². The number of hydrogen-bond acceptors (Lipinski definition) is 7. The molecule has 0 spiro atoms. The zero-order chi connectivity index (χ0) is 19.0. The van der Waals surface area contributed by atoms with E-state index in [1.807, 2.05) is 12.2 Å². The molecule has 6 rings (SSSR count). The van der Waals surface area contributed by atoms with Gasteiger partial charge in [0.05, 0.1) is 27.7 Å². The average molecular weight is 370 g/mol. The largest absolute Gasteiger partial charge is 0.300 e. The molecule has 0 aromatic heterocycles. The first-order valence-corrected chi connectivity index (χ1v) is 8.64. The fraction of sp³-hybridized carbons (Fsp3) is 0.412. The van der Waals surface area contributed by atoms with Crippen LogP contribution in [0.2, 0.25) is 0 Å². The van der Waals surface area contributed by atoms with E-state index in [-0.39, 0.29) is 29.3 Å². The van der Waals surface area contributed by atoms with Gasteiger partial charge in [0.1, 0.15) is 5.69 Å². The van der Waals surface area contributed by atoms with Crippen LogP contribution in [0.25, 0.3) is 0 Å². The average Bonchev–Trinajstić information content (AvgIpc) is 3.42. The predicted octanol–water partition coefficient (Wildman–Crippen LogP) is 1.88. The van der Waals surface area contributed by atoms with Crippen molar-refractivity contribution in [3.05, 3.63) is 50.6 Å². The van der Waals surface area contributed by atoms with Gasteiger partial charge in [-0.15, -0.1) is 0 Å². The molecular weight excluding hydrogens is 356 g/mol. The SMILES string of the molecule is O=C1[C@@H]2[C@H]3C=C[C@H]([C@H]4C[C@H]34)[C@@H]2C(=O)N1Nc1ccc([N+](=O)[O-])cc1[N+](=O)[O-]. The van der Waals surface area contributed by atoms with Crippen molar-refractivity contribution in [1.29, 1.82) is 0 Å². The van der Waals surface area contributed by atoms with Gasteiger partial charge in [0, 0.05) is 6.07 Å². The molecule has 4 aliphatic carbocycles. The third-order valence-electron chi connectivity index (χ3n) is 6.28. The van der Waals surface area contributed by atoms with E-state index in [0.717, 1.165) is 29.6 Å². The summed E-state index contributed by atoms with van der Waals surface area (Å²) in [7, 11) is 0. The molecule has 2 saturated carbocycles. The Kier molecular flexibility index (Phi) is 3.02. The molecule has 5 aliphatic rings. The van der Waals surface area contributed by atoms with E-state index in [1.54, 1.807) is 0 Å². The topological polar surface area (TPSA) is 136 Å². The van der Waals surface area contributed by atoms with Crippen molar-refractivity contribution in [3.63, 3.8) is 0 Å². The van der Waals surface area contributed by atoms with Crippen molar-refractivity contribution in [2.45, 2.75) is 6.42 Å². The van der Waals surface area contributed by atoms with Crippen molar-refractivity contribution in [2.75, 3.05) is 5.43 Å². The lowest BCUT2D eigenvalue weighted by Gasteiger charge is -2.37. The van der Waals surface area contributed by atoms with Crippen LogP contribution in [0.5, 0.6) is 0 Å². The summed E-state index contributed by atoms with van der Waals surface area (Å²) in [6.07, 6.45) is 5.10. The van der Waals surface area contributed by atoms with Crippen LogP contribution in [0, 0.1) is 55.7 Å². The van der Waals surface area contributed by atoms with Crippen LogP contribution in [0.4, 0.5) is 17.1 Å². The highest BCUT2D eigenvalue weighted by Gasteiger charge is 2.67. The first-order valence-electron chi connectivity index (χ1n) is 8.64. The monoisotopic (exact) mass is 370 g/mol. The molecular formula is C17H14N4O6. The number of anilines is 1. The summed E-state index contributed by atoms with van der Waals surface area (Å²) in [6.45, 7) is 0. The molecule has 10 heteroatoms. The summed E-state index contributed by atoms with van der Waals surface area (Å²) in [5, 5.41) is 23.0. The Bertz CT molecular complexity index is 923. The number of rotatable bonds is 4. The Morgan fingerprint density at radius 3 is 2.07 bits per heavy atom. The van der Waals surface area contributed by atoms with E-state index < -0.39 is 33.1 Å². The fourth-order valence-electron chi connectivity index (χ4n) is 5.07. The quantitative estimate of drug-likeness (QED) is 0.370. The molecule has 1 saturated heterocycles. The molecule has 1 N–H and O–H groups in total. The van der Waals surface area contributed by atoms with Gasteiger partial charge < -0.3 is 0 Å². The van der Waals surface area contributed by atoms with E-state index in [0.29, 0.717) is 11.8 Å². The van der Waals surface area contributed by atoms with Crippen molar-refractivity contribution >= 4 is 28.9 Å². The highest BCUT2D eigenvalue weighted by Crippen LogP contribution is 2.65. The van der Waals surface area contributed by atoms with Gasteiger partial charge in [0.25, 0.3) is 17.5 Å². The molecule has 6 atom stereocenters. The zero-order valence-corrected chi connectivity index (χ0v) is 13.8. The van der Waals surface area contributed by atoms with Gasteiger partial charge in [0.15, 0.2) is 0 Å². The molecule has 3 fully saturated rings. The molecule has 1 aromatic carbocycles. The van der Waals surface area contributed by atoms with E-state index in [2.05, 4.69) is 5.43 Å². The Morgan fingerprint density at radius 2 is 1.56 bits per heavy atom. The third-order valence-corrected chi connectivity index (χ3v) is 6.28. The normalized spacial score (nSPS) is 35.0. The number of carbonyl (C=O) groups is 2. The maximum atomic E-state index is 12.9. The second-order valence-electron chi connectivity index (χ2n) is 7.49. The minimum Gasteiger partial charge on any atom is -0.282 e. The van der Waals surface area contributed by atoms with E-state index in [4.69, 9.17) is 0 Å².